The van der Waals surface area contributed by atoms with E-state index in [0.29, 0.717) is 25.6 Å². The van der Waals surface area contributed by atoms with E-state index in [1.165, 1.54) is 32.1 Å². The Labute approximate surface area is 126 Å². The molecule has 0 aromatic heterocycles. The summed E-state index contributed by atoms with van der Waals surface area (Å²) in [7, 11) is 0. The van der Waals surface area contributed by atoms with Gasteiger partial charge in [-0.15, -0.1) is 0 Å². The summed E-state index contributed by atoms with van der Waals surface area (Å²) >= 11 is 0. The zero-order valence-electron chi connectivity index (χ0n) is 12.6. The lowest BCUT2D eigenvalue weighted by Gasteiger charge is -2.24. The van der Waals surface area contributed by atoms with Crippen LogP contribution in [0.3, 0.4) is 0 Å². The molecule has 6 nitrogen and oxygen atoms in total. The highest BCUT2D eigenvalue weighted by Crippen LogP contribution is 2.22. The Morgan fingerprint density at radius 2 is 2.00 bits per heavy atom. The molecule has 0 radical (unpaired) electrons. The third-order valence-corrected chi connectivity index (χ3v) is 4.50. The zero-order chi connectivity index (χ0) is 15.1. The fraction of sp³-hybridized carbons (Fsp3) is 0.867. The van der Waals surface area contributed by atoms with Crippen LogP contribution < -0.4 is 10.6 Å². The van der Waals surface area contributed by atoms with Gasteiger partial charge < -0.3 is 15.7 Å². The molecular formula is C15H27N3O3. The second kappa shape index (κ2) is 8.34. The summed E-state index contributed by atoms with van der Waals surface area (Å²) in [5.41, 5.74) is 0. The van der Waals surface area contributed by atoms with Gasteiger partial charge in [-0.25, -0.2) is 0 Å². The Bertz CT molecular complexity index is 356. The van der Waals surface area contributed by atoms with Crippen LogP contribution in [0.2, 0.25) is 0 Å². The Morgan fingerprint density at radius 1 is 1.24 bits per heavy atom. The summed E-state index contributed by atoms with van der Waals surface area (Å²) in [6, 6.07) is 0. The van der Waals surface area contributed by atoms with Crippen LogP contribution in [0, 0.1) is 11.8 Å². The average Bonchev–Trinajstić information content (AvgIpc) is 2.72. The van der Waals surface area contributed by atoms with Gasteiger partial charge in [0.05, 0.1) is 12.5 Å². The molecule has 2 aliphatic rings. The van der Waals surface area contributed by atoms with Crippen LogP contribution in [-0.2, 0) is 9.59 Å². The lowest BCUT2D eigenvalue weighted by atomic mass is 9.89. The first-order valence-corrected chi connectivity index (χ1v) is 8.07. The van der Waals surface area contributed by atoms with Crippen LogP contribution in [-0.4, -0.2) is 61.2 Å². The summed E-state index contributed by atoms with van der Waals surface area (Å²) in [5.74, 6) is -0.581. The molecule has 2 rings (SSSR count). The number of hydrogen-bond acceptors (Lipinski definition) is 4. The molecule has 3 N–H and O–H groups in total. The van der Waals surface area contributed by atoms with Crippen LogP contribution in [0.5, 0.6) is 0 Å². The quantitative estimate of drug-likeness (QED) is 0.679. The summed E-state index contributed by atoms with van der Waals surface area (Å²) in [6.07, 6.45) is 6.31. The molecule has 6 heteroatoms. The van der Waals surface area contributed by atoms with Gasteiger partial charge in [0.25, 0.3) is 0 Å². The topological polar surface area (TPSA) is 81.7 Å². The molecule has 1 aliphatic carbocycles. The van der Waals surface area contributed by atoms with E-state index in [9.17, 15) is 9.59 Å². The first-order valence-electron chi connectivity index (χ1n) is 8.07. The molecule has 0 aromatic rings. The summed E-state index contributed by atoms with van der Waals surface area (Å²) in [4.78, 5) is 25.1. The second-order valence-electron chi connectivity index (χ2n) is 6.28. The van der Waals surface area contributed by atoms with Crippen molar-refractivity contribution in [2.24, 2.45) is 11.8 Å². The summed E-state index contributed by atoms with van der Waals surface area (Å²) in [5, 5.41) is 15.2. The molecule has 1 saturated carbocycles. The Morgan fingerprint density at radius 3 is 2.71 bits per heavy atom. The third-order valence-electron chi connectivity index (χ3n) is 4.50. The number of carbonyl (C=O) groups is 2. The van der Waals surface area contributed by atoms with Crippen molar-refractivity contribution in [3.05, 3.63) is 0 Å². The van der Waals surface area contributed by atoms with Crippen LogP contribution in [0.1, 0.15) is 32.1 Å². The van der Waals surface area contributed by atoms with Crippen molar-refractivity contribution in [2.75, 3.05) is 39.3 Å². The van der Waals surface area contributed by atoms with Gasteiger partial charge in [-0.2, -0.15) is 0 Å². The molecule has 0 spiro atoms. The highest BCUT2D eigenvalue weighted by Gasteiger charge is 2.24. The summed E-state index contributed by atoms with van der Waals surface area (Å²) in [6.45, 7) is 3.46. The maximum Gasteiger partial charge on any atom is 0.309 e. The van der Waals surface area contributed by atoms with Crippen molar-refractivity contribution in [3.63, 3.8) is 0 Å². The standard InChI is InChI=1S/C15H27N3O3/c19-14(17-8-12-4-2-1-3-5-12)11-18-7-6-16-9-13(10-18)15(20)21/h12-13,16H,1-11H2,(H,17,19)(H,20,21). The smallest absolute Gasteiger partial charge is 0.309 e. The minimum Gasteiger partial charge on any atom is -0.481 e. The molecule has 1 unspecified atom stereocenters. The number of rotatable bonds is 5. The van der Waals surface area contributed by atoms with Crippen molar-refractivity contribution in [3.8, 4) is 0 Å². The zero-order valence-corrected chi connectivity index (χ0v) is 12.6. The van der Waals surface area contributed by atoms with Gasteiger partial charge in [-0.3, -0.25) is 14.5 Å². The van der Waals surface area contributed by atoms with Crippen LogP contribution >= 0.6 is 0 Å². The number of nitrogens with zero attached hydrogens (tertiary/aromatic N) is 1. The number of carboxylic acids is 1. The van der Waals surface area contributed by atoms with Crippen LogP contribution in [0.15, 0.2) is 0 Å². The number of carboxylic acid groups (broad SMARTS) is 1. The van der Waals surface area contributed by atoms with E-state index in [2.05, 4.69) is 10.6 Å². The molecule has 0 aromatic carbocycles. The SMILES string of the molecule is O=C(CN1CCNCC(C(=O)O)C1)NCC1CCCCC1. The van der Waals surface area contributed by atoms with Crippen LogP contribution in [0.25, 0.3) is 0 Å². The fourth-order valence-corrected chi connectivity index (χ4v) is 3.20. The van der Waals surface area contributed by atoms with Gasteiger partial charge in [0.2, 0.25) is 5.91 Å². The monoisotopic (exact) mass is 297 g/mol. The predicted molar refractivity (Wildman–Crippen MR) is 80.0 cm³/mol. The molecule has 1 amide bonds. The first kappa shape index (κ1) is 16.2. The molecule has 0 bridgehead atoms. The van der Waals surface area contributed by atoms with Crippen molar-refractivity contribution in [1.82, 2.24) is 15.5 Å². The molecule has 2 fully saturated rings. The molecule has 1 heterocycles. The molecule has 1 atom stereocenters. The first-order chi connectivity index (χ1) is 10.1. The summed E-state index contributed by atoms with van der Waals surface area (Å²) < 4.78 is 0. The molecule has 1 saturated heterocycles. The lowest BCUT2D eigenvalue weighted by Crippen LogP contribution is -2.42. The maximum atomic E-state index is 12.0. The maximum absolute atomic E-state index is 12.0. The van der Waals surface area contributed by atoms with Gasteiger partial charge in [-0.1, -0.05) is 19.3 Å². The van der Waals surface area contributed by atoms with Crippen molar-refractivity contribution < 1.29 is 14.7 Å². The minimum absolute atomic E-state index is 0.0200. The van der Waals surface area contributed by atoms with E-state index in [4.69, 9.17) is 5.11 Å². The highest BCUT2D eigenvalue weighted by atomic mass is 16.4. The third kappa shape index (κ3) is 5.63. The predicted octanol–water partition coefficient (Wildman–Crippen LogP) is 0.289. The number of hydrogen-bond donors (Lipinski definition) is 3. The highest BCUT2D eigenvalue weighted by molar-refractivity contribution is 5.78. The Balaban J connectivity index is 1.71. The minimum atomic E-state index is -0.794. The van der Waals surface area contributed by atoms with Gasteiger partial charge >= 0.3 is 5.97 Å². The van der Waals surface area contributed by atoms with E-state index in [-0.39, 0.29) is 5.91 Å². The van der Waals surface area contributed by atoms with Crippen molar-refractivity contribution in [1.29, 1.82) is 0 Å². The molecule has 120 valence electrons. The number of nitrogens with one attached hydrogen (secondary N) is 2. The van der Waals surface area contributed by atoms with E-state index in [0.717, 1.165) is 19.6 Å². The lowest BCUT2D eigenvalue weighted by molar-refractivity contribution is -0.142. The number of amides is 1. The van der Waals surface area contributed by atoms with Crippen molar-refractivity contribution >= 4 is 11.9 Å². The van der Waals surface area contributed by atoms with Gasteiger partial charge in [-0.05, 0) is 18.8 Å². The number of carbonyl (C=O) groups excluding carboxylic acids is 1. The van der Waals surface area contributed by atoms with E-state index in [1.807, 2.05) is 4.90 Å². The second-order valence-corrected chi connectivity index (χ2v) is 6.28. The van der Waals surface area contributed by atoms with E-state index >= 15 is 0 Å². The van der Waals surface area contributed by atoms with E-state index < -0.39 is 11.9 Å². The Kier molecular flexibility index (Phi) is 6.45. The molecular weight excluding hydrogens is 270 g/mol. The van der Waals surface area contributed by atoms with Gasteiger partial charge in [0.15, 0.2) is 0 Å². The van der Waals surface area contributed by atoms with E-state index in [1.54, 1.807) is 0 Å². The normalized spacial score (nSPS) is 25.2. The fourth-order valence-electron chi connectivity index (χ4n) is 3.20. The van der Waals surface area contributed by atoms with Crippen LogP contribution in [0.4, 0.5) is 0 Å². The van der Waals surface area contributed by atoms with Gasteiger partial charge in [0.1, 0.15) is 0 Å². The molecule has 1 aliphatic heterocycles. The Hall–Kier alpha value is -1.14. The average molecular weight is 297 g/mol. The largest absolute Gasteiger partial charge is 0.481 e. The molecule has 21 heavy (non-hydrogen) atoms. The number of aliphatic carboxylic acids is 1. The van der Waals surface area contributed by atoms with Gasteiger partial charge in [0, 0.05) is 32.7 Å². The van der Waals surface area contributed by atoms with Crippen molar-refractivity contribution in [2.45, 2.75) is 32.1 Å².